The van der Waals surface area contributed by atoms with E-state index in [0.717, 1.165) is 38.1 Å². The minimum atomic E-state index is -4.21. The molecule has 0 saturated carbocycles. The van der Waals surface area contributed by atoms with Crippen LogP contribution in [0.4, 0.5) is 13.2 Å². The van der Waals surface area contributed by atoms with Crippen LogP contribution in [0.3, 0.4) is 0 Å². The molecule has 1 rings (SSSR count). The molecule has 1 fully saturated rings. The van der Waals surface area contributed by atoms with Gasteiger partial charge in [0, 0.05) is 44.6 Å². The fourth-order valence-electron chi connectivity index (χ4n) is 1.74. The number of nitrogens with zero attached hydrogens (tertiary/aromatic N) is 2. The molecule has 7 heteroatoms. The molecular formula is C10H18BrF3N2O. The van der Waals surface area contributed by atoms with Crippen LogP contribution in [0.2, 0.25) is 0 Å². The Balaban J connectivity index is 2.02. The summed E-state index contributed by atoms with van der Waals surface area (Å²) in [6.07, 6.45) is -4.21. The number of hydrogen-bond acceptors (Lipinski definition) is 3. The topological polar surface area (TPSA) is 15.7 Å². The Morgan fingerprint density at radius 3 is 2.00 bits per heavy atom. The molecule has 0 aromatic carbocycles. The van der Waals surface area contributed by atoms with Crippen LogP contribution in [0.15, 0.2) is 0 Å². The van der Waals surface area contributed by atoms with Gasteiger partial charge in [-0.15, -0.1) is 0 Å². The molecule has 0 unspecified atom stereocenters. The van der Waals surface area contributed by atoms with E-state index in [1.807, 2.05) is 0 Å². The van der Waals surface area contributed by atoms with E-state index in [-0.39, 0.29) is 6.61 Å². The Morgan fingerprint density at radius 2 is 1.53 bits per heavy atom. The molecule has 0 amide bonds. The van der Waals surface area contributed by atoms with Crippen molar-refractivity contribution in [2.75, 3.05) is 57.8 Å². The van der Waals surface area contributed by atoms with Gasteiger partial charge in [-0.2, -0.15) is 13.2 Å². The SMILES string of the molecule is FC(F)(F)COCCN1CCN(CCBr)CC1. The van der Waals surface area contributed by atoms with Crippen LogP contribution >= 0.6 is 15.9 Å². The van der Waals surface area contributed by atoms with Crippen molar-refractivity contribution in [3.05, 3.63) is 0 Å². The maximum Gasteiger partial charge on any atom is 0.411 e. The summed E-state index contributed by atoms with van der Waals surface area (Å²) in [6, 6.07) is 0. The second-order valence-corrected chi connectivity index (χ2v) is 4.83. The van der Waals surface area contributed by atoms with Crippen LogP contribution in [0.5, 0.6) is 0 Å². The van der Waals surface area contributed by atoms with Crippen molar-refractivity contribution < 1.29 is 17.9 Å². The van der Waals surface area contributed by atoms with Gasteiger partial charge in [-0.25, -0.2) is 0 Å². The molecule has 1 aliphatic heterocycles. The van der Waals surface area contributed by atoms with E-state index in [1.165, 1.54) is 0 Å². The van der Waals surface area contributed by atoms with E-state index in [4.69, 9.17) is 0 Å². The van der Waals surface area contributed by atoms with Gasteiger partial charge in [-0.1, -0.05) is 15.9 Å². The van der Waals surface area contributed by atoms with Crippen molar-refractivity contribution in [1.29, 1.82) is 0 Å². The zero-order chi connectivity index (χ0) is 12.7. The summed E-state index contributed by atoms with van der Waals surface area (Å²) in [5, 5.41) is 0.960. The van der Waals surface area contributed by atoms with E-state index in [2.05, 4.69) is 30.5 Å². The normalized spacial score (nSPS) is 19.8. The first-order chi connectivity index (χ1) is 8.01. The summed E-state index contributed by atoms with van der Waals surface area (Å²) in [4.78, 5) is 4.48. The Kier molecular flexibility index (Phi) is 6.76. The lowest BCUT2D eigenvalue weighted by Gasteiger charge is -2.34. The van der Waals surface area contributed by atoms with Gasteiger partial charge in [0.15, 0.2) is 0 Å². The first-order valence-electron chi connectivity index (χ1n) is 5.66. The summed E-state index contributed by atoms with van der Waals surface area (Å²) in [5.41, 5.74) is 0. The number of piperazine rings is 1. The van der Waals surface area contributed by atoms with Crippen LogP contribution in [0.25, 0.3) is 0 Å². The lowest BCUT2D eigenvalue weighted by molar-refractivity contribution is -0.174. The summed E-state index contributed by atoms with van der Waals surface area (Å²) < 4.78 is 40.0. The molecule has 0 atom stereocenters. The zero-order valence-corrected chi connectivity index (χ0v) is 11.3. The molecule has 0 aromatic heterocycles. The summed E-state index contributed by atoms with van der Waals surface area (Å²) in [7, 11) is 0. The Labute approximate surface area is 108 Å². The second-order valence-electron chi connectivity index (χ2n) is 4.04. The van der Waals surface area contributed by atoms with Crippen molar-refractivity contribution in [1.82, 2.24) is 9.80 Å². The molecule has 102 valence electrons. The van der Waals surface area contributed by atoms with Crippen LogP contribution in [-0.4, -0.2) is 73.8 Å². The van der Waals surface area contributed by atoms with Gasteiger partial charge in [0.05, 0.1) is 6.61 Å². The van der Waals surface area contributed by atoms with Gasteiger partial charge in [-0.3, -0.25) is 9.80 Å². The van der Waals surface area contributed by atoms with Crippen molar-refractivity contribution in [3.63, 3.8) is 0 Å². The third-order valence-corrected chi connectivity index (χ3v) is 3.04. The number of halogens is 4. The molecule has 0 bridgehead atoms. The minimum absolute atomic E-state index is 0.151. The third-order valence-electron chi connectivity index (χ3n) is 2.68. The van der Waals surface area contributed by atoms with Gasteiger partial charge in [0.25, 0.3) is 0 Å². The maximum atomic E-state index is 11.8. The van der Waals surface area contributed by atoms with Gasteiger partial charge in [0.1, 0.15) is 6.61 Å². The predicted octanol–water partition coefficient (Wildman–Crippen LogP) is 1.58. The minimum Gasteiger partial charge on any atom is -0.371 e. The Bertz CT molecular complexity index is 208. The van der Waals surface area contributed by atoms with Crippen molar-refractivity contribution in [3.8, 4) is 0 Å². The van der Waals surface area contributed by atoms with Crippen molar-refractivity contribution in [2.24, 2.45) is 0 Å². The fraction of sp³-hybridized carbons (Fsp3) is 1.00. The molecule has 0 aromatic rings. The van der Waals surface area contributed by atoms with E-state index < -0.39 is 12.8 Å². The van der Waals surface area contributed by atoms with Crippen LogP contribution in [0.1, 0.15) is 0 Å². The van der Waals surface area contributed by atoms with Crippen LogP contribution in [0, 0.1) is 0 Å². The van der Waals surface area contributed by atoms with Crippen molar-refractivity contribution >= 4 is 15.9 Å². The Morgan fingerprint density at radius 1 is 1.00 bits per heavy atom. The molecule has 1 heterocycles. The maximum absolute atomic E-state index is 11.8. The Hall–Kier alpha value is 0.150. The molecular weight excluding hydrogens is 301 g/mol. The van der Waals surface area contributed by atoms with E-state index >= 15 is 0 Å². The third kappa shape index (κ3) is 7.23. The van der Waals surface area contributed by atoms with Crippen LogP contribution < -0.4 is 0 Å². The molecule has 1 aliphatic rings. The highest BCUT2D eigenvalue weighted by atomic mass is 79.9. The first kappa shape index (κ1) is 15.2. The lowest BCUT2D eigenvalue weighted by atomic mass is 10.3. The monoisotopic (exact) mass is 318 g/mol. The lowest BCUT2D eigenvalue weighted by Crippen LogP contribution is -2.47. The highest BCUT2D eigenvalue weighted by Crippen LogP contribution is 2.14. The van der Waals surface area contributed by atoms with E-state index in [0.29, 0.717) is 6.54 Å². The average molecular weight is 319 g/mol. The van der Waals surface area contributed by atoms with E-state index in [9.17, 15) is 13.2 Å². The van der Waals surface area contributed by atoms with E-state index in [1.54, 1.807) is 0 Å². The molecule has 0 aliphatic carbocycles. The average Bonchev–Trinajstić information content (AvgIpc) is 2.26. The number of ether oxygens (including phenoxy) is 1. The fourth-order valence-corrected chi connectivity index (χ4v) is 2.24. The quantitative estimate of drug-likeness (QED) is 0.546. The van der Waals surface area contributed by atoms with Gasteiger partial charge in [0.2, 0.25) is 0 Å². The van der Waals surface area contributed by atoms with Crippen molar-refractivity contribution in [2.45, 2.75) is 6.18 Å². The molecule has 0 spiro atoms. The molecule has 0 radical (unpaired) electrons. The largest absolute Gasteiger partial charge is 0.411 e. The molecule has 1 saturated heterocycles. The first-order valence-corrected chi connectivity index (χ1v) is 6.78. The van der Waals surface area contributed by atoms with Crippen LogP contribution in [-0.2, 0) is 4.74 Å². The van der Waals surface area contributed by atoms with Gasteiger partial charge in [-0.05, 0) is 0 Å². The summed E-state index contributed by atoms with van der Waals surface area (Å²) in [5.74, 6) is 0. The highest BCUT2D eigenvalue weighted by molar-refractivity contribution is 9.09. The molecule has 0 N–H and O–H groups in total. The smallest absolute Gasteiger partial charge is 0.371 e. The number of alkyl halides is 4. The zero-order valence-electron chi connectivity index (χ0n) is 9.68. The highest BCUT2D eigenvalue weighted by Gasteiger charge is 2.27. The molecule has 3 nitrogen and oxygen atoms in total. The molecule has 17 heavy (non-hydrogen) atoms. The number of hydrogen-bond donors (Lipinski definition) is 0. The number of rotatable bonds is 6. The second kappa shape index (κ2) is 7.56. The van der Waals surface area contributed by atoms with Gasteiger partial charge >= 0.3 is 6.18 Å². The summed E-state index contributed by atoms with van der Waals surface area (Å²) in [6.45, 7) is 4.38. The standard InChI is InChI=1S/C10H18BrF3N2O/c11-1-2-15-3-5-16(6-4-15)7-8-17-9-10(12,13)14/h1-9H2. The van der Waals surface area contributed by atoms with Gasteiger partial charge < -0.3 is 4.74 Å². The predicted molar refractivity (Wildman–Crippen MR) is 63.5 cm³/mol. The summed E-state index contributed by atoms with van der Waals surface area (Å²) >= 11 is 3.39.